The van der Waals surface area contributed by atoms with Crippen molar-refractivity contribution in [2.45, 2.75) is 35.0 Å². The average molecular weight is 579 g/mol. The van der Waals surface area contributed by atoms with Gasteiger partial charge in [0.15, 0.2) is 33.0 Å². The molecule has 2 aliphatic rings. The Morgan fingerprint density at radius 1 is 1.08 bits per heavy atom. The third kappa shape index (κ3) is 5.13. The molecule has 7 nitrogen and oxygen atoms in total. The van der Waals surface area contributed by atoms with Gasteiger partial charge in [-0.3, -0.25) is 4.79 Å². The molecule has 12 heteroatoms. The molecule has 2 bridgehead atoms. The van der Waals surface area contributed by atoms with Crippen LogP contribution in [0.4, 0.5) is 18.9 Å². The second kappa shape index (κ2) is 10.3. The topological polar surface area (TPSA) is 105 Å². The number of fused-ring (bicyclic) bond motifs is 2. The van der Waals surface area contributed by atoms with Gasteiger partial charge < -0.3 is 15.3 Å². The highest BCUT2D eigenvalue weighted by molar-refractivity contribution is 7.92. The SMILES string of the molecule is O=C(Nc1cc(F)c(F)c(F)c1)c1ccc(Cl)c(S(=O)(=O)[C@@H]2C3CCC2[C@@](O)(/C=N/Oc2ccccc2)C3)c1. The van der Waals surface area contributed by atoms with Gasteiger partial charge in [0.1, 0.15) is 5.60 Å². The molecule has 2 saturated carbocycles. The second-order valence-corrected chi connectivity index (χ2v) is 12.1. The minimum absolute atomic E-state index is 0.124. The molecule has 3 aromatic rings. The van der Waals surface area contributed by atoms with Gasteiger partial charge in [-0.15, -0.1) is 0 Å². The van der Waals surface area contributed by atoms with Gasteiger partial charge in [0.25, 0.3) is 5.91 Å². The van der Waals surface area contributed by atoms with E-state index in [4.69, 9.17) is 16.4 Å². The molecule has 0 aliphatic heterocycles. The van der Waals surface area contributed by atoms with E-state index in [1.54, 1.807) is 24.3 Å². The highest BCUT2D eigenvalue weighted by Crippen LogP contribution is 2.54. The summed E-state index contributed by atoms with van der Waals surface area (Å²) < 4.78 is 68.0. The van der Waals surface area contributed by atoms with Crippen LogP contribution in [0.25, 0.3) is 0 Å². The third-order valence-electron chi connectivity index (χ3n) is 7.22. The van der Waals surface area contributed by atoms with Crippen LogP contribution >= 0.6 is 11.6 Å². The number of rotatable bonds is 7. The molecular weight excluding hydrogens is 557 g/mol. The van der Waals surface area contributed by atoms with Crippen LogP contribution in [0, 0.1) is 29.3 Å². The maximum atomic E-state index is 13.8. The summed E-state index contributed by atoms with van der Waals surface area (Å²) in [5.74, 6) is -6.17. The number of para-hydroxylation sites is 1. The molecule has 0 heterocycles. The molecule has 0 spiro atoms. The summed E-state index contributed by atoms with van der Waals surface area (Å²) in [6.07, 6.45) is 2.40. The summed E-state index contributed by atoms with van der Waals surface area (Å²) in [5, 5.41) is 16.3. The number of benzene rings is 3. The lowest BCUT2D eigenvalue weighted by atomic mass is 9.85. The molecule has 2 fully saturated rings. The Labute approximate surface area is 227 Å². The van der Waals surface area contributed by atoms with Crippen molar-refractivity contribution in [3.05, 3.63) is 88.7 Å². The molecule has 3 aromatic carbocycles. The Morgan fingerprint density at radius 3 is 2.46 bits per heavy atom. The Balaban J connectivity index is 1.39. The van der Waals surface area contributed by atoms with Gasteiger partial charge in [-0.05, 0) is 55.5 Å². The van der Waals surface area contributed by atoms with Crippen LogP contribution in [0.2, 0.25) is 5.02 Å². The van der Waals surface area contributed by atoms with E-state index in [1.165, 1.54) is 18.3 Å². The fourth-order valence-corrected chi connectivity index (χ4v) is 8.40. The molecule has 0 aromatic heterocycles. The van der Waals surface area contributed by atoms with E-state index in [2.05, 4.69) is 10.5 Å². The zero-order valence-electron chi connectivity index (χ0n) is 20.2. The summed E-state index contributed by atoms with van der Waals surface area (Å²) in [6, 6.07) is 13.4. The van der Waals surface area contributed by atoms with E-state index < -0.39 is 50.0 Å². The number of anilines is 1. The van der Waals surface area contributed by atoms with Gasteiger partial charge in [-0.25, -0.2) is 21.6 Å². The largest absolute Gasteiger partial charge is 0.384 e. The van der Waals surface area contributed by atoms with E-state index in [-0.39, 0.29) is 33.5 Å². The summed E-state index contributed by atoms with van der Waals surface area (Å²) in [4.78, 5) is 17.7. The van der Waals surface area contributed by atoms with Crippen molar-refractivity contribution >= 4 is 39.2 Å². The lowest BCUT2D eigenvalue weighted by molar-refractivity contribution is 0.0566. The van der Waals surface area contributed by atoms with E-state index in [0.29, 0.717) is 30.7 Å². The second-order valence-electron chi connectivity index (χ2n) is 9.64. The minimum Gasteiger partial charge on any atom is -0.384 e. The van der Waals surface area contributed by atoms with Crippen LogP contribution in [0.3, 0.4) is 0 Å². The number of nitrogens with zero attached hydrogens (tertiary/aromatic N) is 1. The molecule has 204 valence electrons. The van der Waals surface area contributed by atoms with Crippen molar-refractivity contribution in [2.24, 2.45) is 17.0 Å². The van der Waals surface area contributed by atoms with Crippen LogP contribution in [0.5, 0.6) is 5.75 Å². The average Bonchev–Trinajstić information content (AvgIpc) is 3.44. The quantitative estimate of drug-likeness (QED) is 0.223. The van der Waals surface area contributed by atoms with E-state index >= 15 is 0 Å². The van der Waals surface area contributed by atoms with Crippen LogP contribution < -0.4 is 10.2 Å². The van der Waals surface area contributed by atoms with Crippen LogP contribution in [0.1, 0.15) is 29.6 Å². The fourth-order valence-electron chi connectivity index (χ4n) is 5.49. The number of sulfone groups is 1. The maximum absolute atomic E-state index is 13.8. The lowest BCUT2D eigenvalue weighted by Crippen LogP contribution is -2.40. The smallest absolute Gasteiger partial charge is 0.255 e. The molecule has 4 atom stereocenters. The van der Waals surface area contributed by atoms with Gasteiger partial charge >= 0.3 is 0 Å². The number of oxime groups is 1. The summed E-state index contributed by atoms with van der Waals surface area (Å²) in [6.45, 7) is 0. The maximum Gasteiger partial charge on any atom is 0.255 e. The summed E-state index contributed by atoms with van der Waals surface area (Å²) in [7, 11) is -4.15. The highest BCUT2D eigenvalue weighted by atomic mass is 35.5. The molecule has 2 unspecified atom stereocenters. The first-order chi connectivity index (χ1) is 18.5. The molecule has 0 saturated heterocycles. The summed E-state index contributed by atoms with van der Waals surface area (Å²) >= 11 is 6.26. The van der Waals surface area contributed by atoms with Gasteiger partial charge in [0, 0.05) is 29.3 Å². The molecule has 39 heavy (non-hydrogen) atoms. The molecule has 0 radical (unpaired) electrons. The normalized spacial score (nSPS) is 24.3. The number of carbonyl (C=O) groups is 1. The van der Waals surface area contributed by atoms with Gasteiger partial charge in [-0.1, -0.05) is 35.0 Å². The Hall–Kier alpha value is -3.41. The highest BCUT2D eigenvalue weighted by Gasteiger charge is 2.61. The van der Waals surface area contributed by atoms with E-state index in [9.17, 15) is 31.5 Å². The van der Waals surface area contributed by atoms with E-state index in [0.717, 1.165) is 6.07 Å². The zero-order chi connectivity index (χ0) is 27.9. The molecule has 5 rings (SSSR count). The van der Waals surface area contributed by atoms with E-state index in [1.807, 2.05) is 6.07 Å². The summed E-state index contributed by atoms with van der Waals surface area (Å²) in [5.41, 5.74) is -2.03. The number of amides is 1. The minimum atomic E-state index is -4.15. The van der Waals surface area contributed by atoms with Crippen molar-refractivity contribution in [1.29, 1.82) is 0 Å². The molecule has 1 amide bonds. The number of hydrogen-bond donors (Lipinski definition) is 2. The predicted molar refractivity (Wildman–Crippen MR) is 138 cm³/mol. The fraction of sp³-hybridized carbons (Fsp3) is 0.259. The van der Waals surface area contributed by atoms with Crippen molar-refractivity contribution in [3.8, 4) is 5.75 Å². The first-order valence-electron chi connectivity index (χ1n) is 12.0. The zero-order valence-corrected chi connectivity index (χ0v) is 21.7. The third-order valence-corrected chi connectivity index (χ3v) is 10.0. The number of halogens is 4. The van der Waals surface area contributed by atoms with Crippen LogP contribution in [-0.2, 0) is 9.84 Å². The Morgan fingerprint density at radius 2 is 1.77 bits per heavy atom. The van der Waals surface area contributed by atoms with Crippen molar-refractivity contribution in [1.82, 2.24) is 0 Å². The van der Waals surface area contributed by atoms with Crippen molar-refractivity contribution < 1.29 is 36.3 Å². The number of aliphatic hydroxyl groups is 1. The first-order valence-corrected chi connectivity index (χ1v) is 13.9. The molecule has 2 N–H and O–H groups in total. The molecular formula is C27H22ClF3N2O5S. The standard InChI is InChI=1S/C27H22ClF3N2O5S/c28-20-9-7-15(26(34)33-17-11-21(29)24(31)22(30)12-17)10-23(20)39(36,37)25-16-6-8-19(25)27(35,13-16)14-32-38-18-4-2-1-3-5-18/h1-5,7,9-12,14,16,19,25,35H,6,8,13H2,(H,33,34)/b32-14+/t16?,19?,25-,27+/m1/s1. The Kier molecular flexibility index (Phi) is 7.17. The lowest BCUT2D eigenvalue weighted by Gasteiger charge is -2.28. The van der Waals surface area contributed by atoms with Gasteiger partial charge in [-0.2, -0.15) is 0 Å². The first kappa shape index (κ1) is 27.2. The van der Waals surface area contributed by atoms with Crippen LogP contribution in [0.15, 0.2) is 70.7 Å². The molecule has 2 aliphatic carbocycles. The van der Waals surface area contributed by atoms with Gasteiger partial charge in [0.2, 0.25) is 0 Å². The van der Waals surface area contributed by atoms with Gasteiger partial charge in [0.05, 0.1) is 21.4 Å². The number of nitrogens with one attached hydrogen (secondary N) is 1. The van der Waals surface area contributed by atoms with Crippen LogP contribution in [-0.4, -0.2) is 36.5 Å². The van der Waals surface area contributed by atoms with Crippen molar-refractivity contribution in [3.63, 3.8) is 0 Å². The number of carbonyl (C=O) groups excluding carboxylic acids is 1. The predicted octanol–water partition coefficient (Wildman–Crippen LogP) is 5.38. The number of hydrogen-bond acceptors (Lipinski definition) is 6. The van der Waals surface area contributed by atoms with Crippen molar-refractivity contribution in [2.75, 3.05) is 5.32 Å². The Bertz CT molecular complexity index is 1550. The monoisotopic (exact) mass is 578 g/mol.